The molecule has 82 valence electrons. The zero-order valence-electron chi connectivity index (χ0n) is 9.04. The molecule has 0 aliphatic carbocycles. The van der Waals surface area contributed by atoms with Crippen molar-refractivity contribution in [2.24, 2.45) is 0 Å². The van der Waals surface area contributed by atoms with Crippen molar-refractivity contribution >= 4 is 11.6 Å². The fourth-order valence-electron chi connectivity index (χ4n) is 1.18. The van der Waals surface area contributed by atoms with E-state index in [1.54, 1.807) is 6.92 Å². The van der Waals surface area contributed by atoms with E-state index in [2.05, 4.69) is 5.48 Å². The third kappa shape index (κ3) is 3.25. The zero-order chi connectivity index (χ0) is 11.3. The summed E-state index contributed by atoms with van der Waals surface area (Å²) in [6.45, 7) is 4.02. The monoisotopic (exact) mass is 208 g/mol. The summed E-state index contributed by atoms with van der Waals surface area (Å²) in [5.74, 6) is -0.137. The van der Waals surface area contributed by atoms with Gasteiger partial charge < -0.3 is 5.73 Å². The number of nitrogen functional groups attached to an aromatic ring is 1. The molecule has 1 aromatic rings. The zero-order valence-corrected chi connectivity index (χ0v) is 9.04. The van der Waals surface area contributed by atoms with Crippen molar-refractivity contribution in [1.29, 1.82) is 0 Å². The number of nitrogens with one attached hydrogen (secondary N) is 1. The second-order valence-corrected chi connectivity index (χ2v) is 3.31. The fraction of sp³-hybridized carbons (Fsp3) is 0.364. The molecule has 0 unspecified atom stereocenters. The standard InChI is InChI=1S/C11H16N2O2/c1-3-11(14)13-15-7-9-8(2)5-4-6-10(9)12/h4-6H,3,7,12H2,1-2H3,(H,13,14). The number of rotatable bonds is 4. The van der Waals surface area contributed by atoms with Crippen molar-refractivity contribution in [1.82, 2.24) is 5.48 Å². The summed E-state index contributed by atoms with van der Waals surface area (Å²) < 4.78 is 0. The number of aryl methyl sites for hydroxylation is 1. The maximum Gasteiger partial charge on any atom is 0.243 e. The summed E-state index contributed by atoms with van der Waals surface area (Å²) in [6.07, 6.45) is 0.406. The van der Waals surface area contributed by atoms with Crippen LogP contribution in [0.15, 0.2) is 18.2 Å². The minimum atomic E-state index is -0.137. The third-order valence-electron chi connectivity index (χ3n) is 2.17. The molecule has 1 rings (SSSR count). The predicted molar refractivity (Wildman–Crippen MR) is 58.8 cm³/mol. The van der Waals surface area contributed by atoms with E-state index in [-0.39, 0.29) is 5.91 Å². The highest BCUT2D eigenvalue weighted by atomic mass is 16.6. The Hall–Kier alpha value is -1.55. The molecule has 4 heteroatoms. The minimum Gasteiger partial charge on any atom is -0.398 e. The van der Waals surface area contributed by atoms with Gasteiger partial charge in [0.05, 0.1) is 0 Å². The van der Waals surface area contributed by atoms with Gasteiger partial charge in [-0.05, 0) is 18.6 Å². The molecular weight excluding hydrogens is 192 g/mol. The average Bonchev–Trinajstić information content (AvgIpc) is 2.22. The van der Waals surface area contributed by atoms with Gasteiger partial charge in [0.1, 0.15) is 6.61 Å². The smallest absolute Gasteiger partial charge is 0.243 e. The largest absolute Gasteiger partial charge is 0.398 e. The molecule has 4 nitrogen and oxygen atoms in total. The lowest BCUT2D eigenvalue weighted by Crippen LogP contribution is -2.22. The van der Waals surface area contributed by atoms with Gasteiger partial charge in [0.25, 0.3) is 0 Å². The Bertz CT molecular complexity index is 330. The first-order chi connectivity index (χ1) is 7.15. The normalized spacial score (nSPS) is 10.0. The number of hydroxylamine groups is 1. The lowest BCUT2D eigenvalue weighted by atomic mass is 10.1. The molecule has 1 aromatic carbocycles. The Morgan fingerprint density at radius 3 is 2.87 bits per heavy atom. The van der Waals surface area contributed by atoms with Crippen LogP contribution < -0.4 is 11.2 Å². The SMILES string of the molecule is CCC(=O)NOCc1c(C)cccc1N. The van der Waals surface area contributed by atoms with Crippen LogP contribution in [0, 0.1) is 6.92 Å². The van der Waals surface area contributed by atoms with Crippen LogP contribution in [0.5, 0.6) is 0 Å². The van der Waals surface area contributed by atoms with Gasteiger partial charge in [-0.25, -0.2) is 5.48 Å². The summed E-state index contributed by atoms with van der Waals surface area (Å²) in [6, 6.07) is 5.66. The van der Waals surface area contributed by atoms with E-state index in [0.29, 0.717) is 18.7 Å². The Morgan fingerprint density at radius 1 is 1.53 bits per heavy atom. The van der Waals surface area contributed by atoms with Crippen LogP contribution in [0.1, 0.15) is 24.5 Å². The first-order valence-corrected chi connectivity index (χ1v) is 4.89. The Morgan fingerprint density at radius 2 is 2.27 bits per heavy atom. The van der Waals surface area contributed by atoms with E-state index in [0.717, 1.165) is 11.1 Å². The van der Waals surface area contributed by atoms with Crippen molar-refractivity contribution in [3.63, 3.8) is 0 Å². The van der Waals surface area contributed by atoms with E-state index >= 15 is 0 Å². The summed E-state index contributed by atoms with van der Waals surface area (Å²) in [4.78, 5) is 16.0. The van der Waals surface area contributed by atoms with Crippen molar-refractivity contribution in [3.05, 3.63) is 29.3 Å². The van der Waals surface area contributed by atoms with Gasteiger partial charge in [-0.2, -0.15) is 0 Å². The van der Waals surface area contributed by atoms with Gasteiger partial charge in [0, 0.05) is 17.7 Å². The molecule has 0 aromatic heterocycles. The number of benzene rings is 1. The summed E-state index contributed by atoms with van der Waals surface area (Å²) in [5, 5.41) is 0. The van der Waals surface area contributed by atoms with Crippen molar-refractivity contribution in [3.8, 4) is 0 Å². The van der Waals surface area contributed by atoms with Crippen molar-refractivity contribution in [2.45, 2.75) is 26.9 Å². The van der Waals surface area contributed by atoms with E-state index in [4.69, 9.17) is 10.6 Å². The molecule has 0 fully saturated rings. The second kappa shape index (κ2) is 5.36. The van der Waals surface area contributed by atoms with Gasteiger partial charge in [-0.15, -0.1) is 0 Å². The number of anilines is 1. The topological polar surface area (TPSA) is 64.3 Å². The van der Waals surface area contributed by atoms with Gasteiger partial charge in [0.2, 0.25) is 5.91 Å². The highest BCUT2D eigenvalue weighted by Crippen LogP contribution is 2.16. The molecule has 0 spiro atoms. The number of nitrogens with two attached hydrogens (primary N) is 1. The van der Waals surface area contributed by atoms with Crippen LogP contribution in [0.3, 0.4) is 0 Å². The molecular formula is C11H16N2O2. The number of hydrogen-bond acceptors (Lipinski definition) is 3. The van der Waals surface area contributed by atoms with Crippen molar-refractivity contribution < 1.29 is 9.63 Å². The summed E-state index contributed by atoms with van der Waals surface area (Å²) >= 11 is 0. The van der Waals surface area contributed by atoms with Crippen LogP contribution in [0.25, 0.3) is 0 Å². The van der Waals surface area contributed by atoms with Gasteiger partial charge >= 0.3 is 0 Å². The molecule has 15 heavy (non-hydrogen) atoms. The molecule has 0 aliphatic heterocycles. The molecule has 0 saturated carbocycles. The van der Waals surface area contributed by atoms with Gasteiger partial charge in [0.15, 0.2) is 0 Å². The molecule has 0 atom stereocenters. The molecule has 0 bridgehead atoms. The van der Waals surface area contributed by atoms with Gasteiger partial charge in [-0.3, -0.25) is 9.63 Å². The quantitative estimate of drug-likeness (QED) is 0.582. The second-order valence-electron chi connectivity index (χ2n) is 3.31. The predicted octanol–water partition coefficient (Wildman–Crippen LogP) is 1.54. The molecule has 0 radical (unpaired) electrons. The summed E-state index contributed by atoms with van der Waals surface area (Å²) in [5.41, 5.74) is 10.8. The average molecular weight is 208 g/mol. The maximum absolute atomic E-state index is 10.9. The Kier molecular flexibility index (Phi) is 4.12. The van der Waals surface area contributed by atoms with E-state index in [1.807, 2.05) is 25.1 Å². The first-order valence-electron chi connectivity index (χ1n) is 4.89. The highest BCUT2D eigenvalue weighted by Gasteiger charge is 2.03. The molecule has 0 heterocycles. The maximum atomic E-state index is 10.9. The van der Waals surface area contributed by atoms with Crippen LogP contribution >= 0.6 is 0 Å². The van der Waals surface area contributed by atoms with Crippen LogP contribution in [-0.4, -0.2) is 5.91 Å². The van der Waals surface area contributed by atoms with E-state index in [1.165, 1.54) is 0 Å². The van der Waals surface area contributed by atoms with Gasteiger partial charge in [-0.1, -0.05) is 19.1 Å². The third-order valence-corrected chi connectivity index (χ3v) is 2.17. The van der Waals surface area contributed by atoms with E-state index < -0.39 is 0 Å². The van der Waals surface area contributed by atoms with Crippen LogP contribution in [-0.2, 0) is 16.2 Å². The molecule has 3 N–H and O–H groups in total. The first kappa shape index (κ1) is 11.5. The fourth-order valence-corrected chi connectivity index (χ4v) is 1.18. The van der Waals surface area contributed by atoms with Crippen molar-refractivity contribution in [2.75, 3.05) is 5.73 Å². The molecule has 0 aliphatic rings. The number of carbonyl (C=O) groups is 1. The highest BCUT2D eigenvalue weighted by molar-refractivity contribution is 5.74. The lowest BCUT2D eigenvalue weighted by Gasteiger charge is -2.09. The molecule has 1 amide bonds. The lowest BCUT2D eigenvalue weighted by molar-refractivity contribution is -0.134. The Labute approximate surface area is 89.4 Å². The van der Waals surface area contributed by atoms with E-state index in [9.17, 15) is 4.79 Å². The van der Waals surface area contributed by atoms with Crippen LogP contribution in [0.4, 0.5) is 5.69 Å². The number of carbonyl (C=O) groups excluding carboxylic acids is 1. The minimum absolute atomic E-state index is 0.137. The summed E-state index contributed by atoms with van der Waals surface area (Å²) in [7, 11) is 0. The van der Waals surface area contributed by atoms with Crippen LogP contribution in [0.2, 0.25) is 0 Å². The number of hydrogen-bond donors (Lipinski definition) is 2. The Balaban J connectivity index is 2.54. The molecule has 0 saturated heterocycles. The number of amides is 1.